The fraction of sp³-hybridized carbons (Fsp3) is 0.632. The number of rotatable bonds is 6. The van der Waals surface area contributed by atoms with Crippen molar-refractivity contribution in [2.45, 2.75) is 65.4 Å². The van der Waals surface area contributed by atoms with E-state index in [1.807, 2.05) is 48.5 Å². The lowest BCUT2D eigenvalue weighted by molar-refractivity contribution is -0.163. The number of sulfone groups is 1. The molecule has 0 fully saturated rings. The number of benzene rings is 1. The number of aryl methyl sites for hydroxylation is 1. The van der Waals surface area contributed by atoms with Gasteiger partial charge in [0.15, 0.2) is 9.84 Å². The number of esters is 1. The molecule has 1 rings (SSSR count). The molecule has 0 aliphatic rings. The Morgan fingerprint density at radius 2 is 1.58 bits per heavy atom. The van der Waals surface area contributed by atoms with Crippen molar-refractivity contribution in [3.63, 3.8) is 0 Å². The highest BCUT2D eigenvalue weighted by atomic mass is 32.2. The van der Waals surface area contributed by atoms with Gasteiger partial charge in [-0.3, -0.25) is 4.79 Å². The SMILES string of the molecule is CC[C@@H](C(=O)OC(C)(C)C)C(C)(C)CS(=O)(=O)c1ccc(C)cc1. The van der Waals surface area contributed by atoms with Crippen molar-refractivity contribution in [1.29, 1.82) is 0 Å². The van der Waals surface area contributed by atoms with Gasteiger partial charge in [-0.15, -0.1) is 0 Å². The molecule has 0 radical (unpaired) electrons. The number of hydrogen-bond donors (Lipinski definition) is 0. The van der Waals surface area contributed by atoms with Gasteiger partial charge in [-0.1, -0.05) is 38.5 Å². The van der Waals surface area contributed by atoms with Crippen LogP contribution in [0.3, 0.4) is 0 Å². The van der Waals surface area contributed by atoms with E-state index in [2.05, 4.69) is 0 Å². The molecule has 0 bridgehead atoms. The van der Waals surface area contributed by atoms with Gasteiger partial charge in [0.2, 0.25) is 0 Å². The van der Waals surface area contributed by atoms with Crippen LogP contribution >= 0.6 is 0 Å². The van der Waals surface area contributed by atoms with E-state index in [9.17, 15) is 13.2 Å². The van der Waals surface area contributed by atoms with Crippen LogP contribution in [0.25, 0.3) is 0 Å². The van der Waals surface area contributed by atoms with Crippen LogP contribution in [0.2, 0.25) is 0 Å². The summed E-state index contributed by atoms with van der Waals surface area (Å²) in [5.41, 5.74) is -0.301. The number of hydrogen-bond acceptors (Lipinski definition) is 4. The summed E-state index contributed by atoms with van der Waals surface area (Å²) < 4.78 is 30.9. The average Bonchev–Trinajstić information content (AvgIpc) is 2.35. The Labute approximate surface area is 146 Å². The topological polar surface area (TPSA) is 60.4 Å². The lowest BCUT2D eigenvalue weighted by Gasteiger charge is -2.34. The lowest BCUT2D eigenvalue weighted by atomic mass is 9.79. The minimum absolute atomic E-state index is 0.0964. The molecule has 0 N–H and O–H groups in total. The zero-order chi connectivity index (χ0) is 18.8. The van der Waals surface area contributed by atoms with Crippen molar-refractivity contribution in [1.82, 2.24) is 0 Å². The van der Waals surface area contributed by atoms with Gasteiger partial charge >= 0.3 is 5.97 Å². The van der Waals surface area contributed by atoms with E-state index >= 15 is 0 Å². The molecule has 0 spiro atoms. The highest BCUT2D eigenvalue weighted by Gasteiger charge is 2.40. The molecular weight excluding hydrogens is 324 g/mol. The van der Waals surface area contributed by atoms with Crippen LogP contribution in [0.15, 0.2) is 29.2 Å². The highest BCUT2D eigenvalue weighted by molar-refractivity contribution is 7.91. The maximum absolute atomic E-state index is 12.7. The van der Waals surface area contributed by atoms with Gasteiger partial charge in [-0.05, 0) is 51.7 Å². The third-order valence-corrected chi connectivity index (χ3v) is 6.10. The van der Waals surface area contributed by atoms with Gasteiger partial charge in [-0.25, -0.2) is 8.42 Å². The summed E-state index contributed by atoms with van der Waals surface area (Å²) >= 11 is 0. The third-order valence-electron chi connectivity index (χ3n) is 3.98. The monoisotopic (exact) mass is 354 g/mol. The van der Waals surface area contributed by atoms with Crippen molar-refractivity contribution in [3.05, 3.63) is 29.8 Å². The number of carbonyl (C=O) groups excluding carboxylic acids is 1. The first-order valence-corrected chi connectivity index (χ1v) is 9.96. The molecule has 0 heterocycles. The maximum atomic E-state index is 12.7. The molecule has 0 aliphatic carbocycles. The molecule has 0 saturated carbocycles. The predicted molar refractivity (Wildman–Crippen MR) is 96.6 cm³/mol. The molecule has 4 nitrogen and oxygen atoms in total. The quantitative estimate of drug-likeness (QED) is 0.720. The van der Waals surface area contributed by atoms with E-state index in [0.717, 1.165) is 5.56 Å². The Kier molecular flexibility index (Phi) is 6.26. The summed E-state index contributed by atoms with van der Waals surface area (Å²) in [5.74, 6) is -0.910. The van der Waals surface area contributed by atoms with Crippen molar-refractivity contribution >= 4 is 15.8 Å². The molecule has 1 atom stereocenters. The van der Waals surface area contributed by atoms with E-state index in [-0.39, 0.29) is 11.7 Å². The molecule has 136 valence electrons. The Balaban J connectivity index is 3.04. The van der Waals surface area contributed by atoms with Gasteiger partial charge in [-0.2, -0.15) is 0 Å². The highest BCUT2D eigenvalue weighted by Crippen LogP contribution is 2.35. The van der Waals surface area contributed by atoms with E-state index in [1.54, 1.807) is 24.3 Å². The molecule has 0 aromatic heterocycles. The van der Waals surface area contributed by atoms with Crippen LogP contribution in [0.5, 0.6) is 0 Å². The lowest BCUT2D eigenvalue weighted by Crippen LogP contribution is -2.40. The molecule has 1 aromatic rings. The molecule has 0 aliphatic heterocycles. The summed E-state index contributed by atoms with van der Waals surface area (Å²) in [6.07, 6.45) is 0.533. The van der Waals surface area contributed by atoms with Crippen LogP contribution in [0.1, 0.15) is 53.5 Å². The Morgan fingerprint density at radius 1 is 1.08 bits per heavy atom. The molecular formula is C19H30O4S. The van der Waals surface area contributed by atoms with Crippen LogP contribution < -0.4 is 0 Å². The van der Waals surface area contributed by atoms with E-state index in [4.69, 9.17) is 4.74 Å². The Morgan fingerprint density at radius 3 is 2.00 bits per heavy atom. The third kappa shape index (κ3) is 5.62. The van der Waals surface area contributed by atoms with Gasteiger partial charge in [0, 0.05) is 0 Å². The summed E-state index contributed by atoms with van der Waals surface area (Å²) in [6.45, 7) is 12.9. The van der Waals surface area contributed by atoms with Crippen molar-refractivity contribution in [2.75, 3.05) is 5.75 Å². The molecule has 0 unspecified atom stereocenters. The summed E-state index contributed by atoms with van der Waals surface area (Å²) in [5, 5.41) is 0. The van der Waals surface area contributed by atoms with Gasteiger partial charge in [0.1, 0.15) is 5.60 Å². The minimum atomic E-state index is -3.47. The first-order valence-electron chi connectivity index (χ1n) is 8.31. The first kappa shape index (κ1) is 20.7. The largest absolute Gasteiger partial charge is 0.460 e. The minimum Gasteiger partial charge on any atom is -0.460 e. The van der Waals surface area contributed by atoms with Gasteiger partial charge in [0.25, 0.3) is 0 Å². The van der Waals surface area contributed by atoms with Gasteiger partial charge in [0.05, 0.1) is 16.6 Å². The second-order valence-corrected chi connectivity index (χ2v) is 10.0. The smallest absolute Gasteiger partial charge is 0.310 e. The standard InChI is InChI=1S/C19H30O4S/c1-8-16(17(20)23-18(3,4)5)19(6,7)13-24(21,22)15-11-9-14(2)10-12-15/h9-12,16H,8,13H2,1-7H3/t16-/m0/s1. The second-order valence-electron chi connectivity index (χ2n) is 8.06. The summed E-state index contributed by atoms with van der Waals surface area (Å²) in [6, 6.07) is 6.81. The molecule has 5 heteroatoms. The number of carbonyl (C=O) groups is 1. The average molecular weight is 355 g/mol. The number of ether oxygens (including phenoxy) is 1. The fourth-order valence-corrected chi connectivity index (χ4v) is 4.73. The summed E-state index contributed by atoms with van der Waals surface area (Å²) in [7, 11) is -3.47. The zero-order valence-corrected chi connectivity index (χ0v) is 16.7. The van der Waals surface area contributed by atoms with Crippen LogP contribution in [0, 0.1) is 18.3 Å². The van der Waals surface area contributed by atoms with Crippen molar-refractivity contribution in [3.8, 4) is 0 Å². The first-order chi connectivity index (χ1) is 10.8. The van der Waals surface area contributed by atoms with E-state index in [0.29, 0.717) is 11.3 Å². The summed E-state index contributed by atoms with van der Waals surface area (Å²) in [4.78, 5) is 12.8. The molecule has 1 aromatic carbocycles. The Bertz CT molecular complexity index is 664. The fourth-order valence-electron chi connectivity index (χ4n) is 2.83. The molecule has 24 heavy (non-hydrogen) atoms. The van der Waals surface area contributed by atoms with Crippen LogP contribution in [-0.4, -0.2) is 25.7 Å². The van der Waals surface area contributed by atoms with Crippen LogP contribution in [-0.2, 0) is 19.4 Å². The van der Waals surface area contributed by atoms with Gasteiger partial charge < -0.3 is 4.74 Å². The van der Waals surface area contributed by atoms with E-state index < -0.39 is 26.8 Å². The molecule has 0 saturated heterocycles. The van der Waals surface area contributed by atoms with E-state index in [1.165, 1.54) is 0 Å². The Hall–Kier alpha value is -1.36. The predicted octanol–water partition coefficient (Wildman–Crippen LogP) is 4.16. The molecule has 0 amide bonds. The van der Waals surface area contributed by atoms with Crippen molar-refractivity contribution in [2.24, 2.45) is 11.3 Å². The second kappa shape index (κ2) is 7.26. The normalized spacial score (nSPS) is 14.3. The van der Waals surface area contributed by atoms with Crippen molar-refractivity contribution < 1.29 is 17.9 Å². The maximum Gasteiger partial charge on any atom is 0.310 e. The van der Waals surface area contributed by atoms with Crippen LogP contribution in [0.4, 0.5) is 0 Å². The zero-order valence-electron chi connectivity index (χ0n) is 15.8.